The smallest absolute Gasteiger partial charge is 0.0482 e. The molecule has 118 valence electrons. The topological polar surface area (TPSA) is 29.3 Å². The Kier molecular flexibility index (Phi) is 7.00. The highest BCUT2D eigenvalue weighted by atomic mass is 79.9. The van der Waals surface area contributed by atoms with E-state index in [1.54, 1.807) is 0 Å². The largest absolute Gasteiger partial charge is 0.329 e. The summed E-state index contributed by atoms with van der Waals surface area (Å²) in [7, 11) is 0. The molecule has 0 bridgehead atoms. The normalized spacial score (nSPS) is 22.0. The zero-order valence-corrected chi connectivity index (χ0v) is 15.2. The highest BCUT2D eigenvalue weighted by Crippen LogP contribution is 2.32. The summed E-state index contributed by atoms with van der Waals surface area (Å²) < 4.78 is 1.11. The third-order valence-corrected chi connectivity index (χ3v) is 5.52. The first-order valence-electron chi connectivity index (χ1n) is 8.04. The molecule has 1 aliphatic rings. The standard InChI is InChI=1S/C17H26BrClN2/c1-2-4-13-5-3-9-21(10-8-13)17(12-20)15-11-14(19)6-7-16(15)18/h6-7,11,13,17H,2-5,8-10,12,20H2,1H3. The van der Waals surface area contributed by atoms with Crippen molar-refractivity contribution in [2.24, 2.45) is 11.7 Å². The van der Waals surface area contributed by atoms with Crippen LogP contribution in [-0.2, 0) is 0 Å². The predicted molar refractivity (Wildman–Crippen MR) is 94.8 cm³/mol. The Hall–Kier alpha value is -0.0900. The Morgan fingerprint density at radius 1 is 1.38 bits per heavy atom. The molecule has 0 aromatic heterocycles. The predicted octanol–water partition coefficient (Wildman–Crippen LogP) is 5.00. The molecule has 1 heterocycles. The molecule has 1 aromatic carbocycles. The Morgan fingerprint density at radius 3 is 2.90 bits per heavy atom. The van der Waals surface area contributed by atoms with Gasteiger partial charge in [-0.3, -0.25) is 4.90 Å². The van der Waals surface area contributed by atoms with Gasteiger partial charge in [-0.15, -0.1) is 0 Å². The number of rotatable bonds is 5. The van der Waals surface area contributed by atoms with E-state index in [2.05, 4.69) is 33.8 Å². The molecule has 21 heavy (non-hydrogen) atoms. The van der Waals surface area contributed by atoms with Crippen molar-refractivity contribution in [3.63, 3.8) is 0 Å². The molecule has 0 spiro atoms. The molecule has 2 N–H and O–H groups in total. The summed E-state index contributed by atoms with van der Waals surface area (Å²) in [5, 5.41) is 0.783. The first-order valence-corrected chi connectivity index (χ1v) is 9.21. The van der Waals surface area contributed by atoms with Crippen LogP contribution in [0, 0.1) is 5.92 Å². The average Bonchev–Trinajstić information content (AvgIpc) is 2.70. The Labute approximate surface area is 142 Å². The van der Waals surface area contributed by atoms with Gasteiger partial charge in [0.25, 0.3) is 0 Å². The van der Waals surface area contributed by atoms with Gasteiger partial charge in [-0.1, -0.05) is 47.3 Å². The number of likely N-dealkylation sites (tertiary alicyclic amines) is 1. The van der Waals surface area contributed by atoms with Crippen LogP contribution in [0.1, 0.15) is 50.6 Å². The van der Waals surface area contributed by atoms with Crippen LogP contribution in [-0.4, -0.2) is 24.5 Å². The summed E-state index contributed by atoms with van der Waals surface area (Å²) >= 11 is 9.83. The summed E-state index contributed by atoms with van der Waals surface area (Å²) in [6, 6.07) is 6.26. The average molecular weight is 374 g/mol. The van der Waals surface area contributed by atoms with E-state index in [1.807, 2.05) is 12.1 Å². The molecule has 2 rings (SSSR count). The summed E-state index contributed by atoms with van der Waals surface area (Å²) in [6.45, 7) is 5.21. The number of nitrogens with zero attached hydrogens (tertiary/aromatic N) is 1. The molecular weight excluding hydrogens is 348 g/mol. The van der Waals surface area contributed by atoms with Crippen LogP contribution in [0.3, 0.4) is 0 Å². The number of hydrogen-bond acceptors (Lipinski definition) is 2. The molecular formula is C17H26BrClN2. The van der Waals surface area contributed by atoms with Gasteiger partial charge in [0.15, 0.2) is 0 Å². The number of hydrogen-bond donors (Lipinski definition) is 1. The van der Waals surface area contributed by atoms with Crippen molar-refractivity contribution >= 4 is 27.5 Å². The van der Waals surface area contributed by atoms with Gasteiger partial charge < -0.3 is 5.73 Å². The maximum absolute atomic E-state index is 6.17. The van der Waals surface area contributed by atoms with Crippen LogP contribution < -0.4 is 5.73 Å². The summed E-state index contributed by atoms with van der Waals surface area (Å²) in [4.78, 5) is 2.55. The molecule has 4 heteroatoms. The minimum Gasteiger partial charge on any atom is -0.329 e. The van der Waals surface area contributed by atoms with Gasteiger partial charge in [0.05, 0.1) is 0 Å². The van der Waals surface area contributed by atoms with Gasteiger partial charge in [0.2, 0.25) is 0 Å². The SMILES string of the molecule is CCCC1CCCN(C(CN)c2cc(Cl)ccc2Br)CC1. The van der Waals surface area contributed by atoms with E-state index >= 15 is 0 Å². The van der Waals surface area contributed by atoms with E-state index in [1.165, 1.54) is 37.7 Å². The van der Waals surface area contributed by atoms with Crippen LogP contribution in [0.15, 0.2) is 22.7 Å². The van der Waals surface area contributed by atoms with Gasteiger partial charge in [-0.05, 0) is 62.0 Å². The van der Waals surface area contributed by atoms with Crippen LogP contribution in [0.5, 0.6) is 0 Å². The maximum atomic E-state index is 6.17. The van der Waals surface area contributed by atoms with E-state index in [0.29, 0.717) is 6.54 Å². The lowest BCUT2D eigenvalue weighted by Gasteiger charge is -2.31. The van der Waals surface area contributed by atoms with Crippen molar-refractivity contribution in [1.29, 1.82) is 0 Å². The third-order valence-electron chi connectivity index (χ3n) is 4.56. The van der Waals surface area contributed by atoms with Crippen LogP contribution in [0.4, 0.5) is 0 Å². The number of benzene rings is 1. The summed E-state index contributed by atoms with van der Waals surface area (Å²) in [5.74, 6) is 0.890. The lowest BCUT2D eigenvalue weighted by molar-refractivity contribution is 0.206. The Bertz CT molecular complexity index is 452. The van der Waals surface area contributed by atoms with E-state index in [4.69, 9.17) is 17.3 Å². The molecule has 1 saturated heterocycles. The number of halogens is 2. The number of nitrogens with two attached hydrogens (primary N) is 1. The van der Waals surface area contributed by atoms with Crippen LogP contribution in [0.2, 0.25) is 5.02 Å². The van der Waals surface area contributed by atoms with E-state index in [-0.39, 0.29) is 6.04 Å². The Morgan fingerprint density at radius 2 is 2.19 bits per heavy atom. The van der Waals surface area contributed by atoms with Gasteiger partial charge in [-0.2, -0.15) is 0 Å². The lowest BCUT2D eigenvalue weighted by Crippen LogP contribution is -2.35. The van der Waals surface area contributed by atoms with Gasteiger partial charge >= 0.3 is 0 Å². The Balaban J connectivity index is 2.12. The lowest BCUT2D eigenvalue weighted by atomic mass is 9.96. The van der Waals surface area contributed by atoms with E-state index in [9.17, 15) is 0 Å². The van der Waals surface area contributed by atoms with Crippen LogP contribution >= 0.6 is 27.5 Å². The zero-order valence-electron chi connectivity index (χ0n) is 12.8. The van der Waals surface area contributed by atoms with Crippen molar-refractivity contribution in [2.45, 2.75) is 45.1 Å². The highest BCUT2D eigenvalue weighted by molar-refractivity contribution is 9.10. The maximum Gasteiger partial charge on any atom is 0.0482 e. The molecule has 1 aromatic rings. The van der Waals surface area contributed by atoms with Crippen molar-refractivity contribution in [3.8, 4) is 0 Å². The summed E-state index contributed by atoms with van der Waals surface area (Å²) in [5.41, 5.74) is 7.31. The molecule has 2 unspecified atom stereocenters. The molecule has 1 fully saturated rings. The quantitative estimate of drug-likeness (QED) is 0.786. The second-order valence-corrected chi connectivity index (χ2v) is 7.33. The molecule has 0 radical (unpaired) electrons. The van der Waals surface area contributed by atoms with Crippen molar-refractivity contribution < 1.29 is 0 Å². The minimum absolute atomic E-state index is 0.262. The molecule has 0 amide bonds. The molecule has 1 aliphatic heterocycles. The fourth-order valence-corrected chi connectivity index (χ4v) is 4.13. The van der Waals surface area contributed by atoms with Crippen LogP contribution in [0.25, 0.3) is 0 Å². The minimum atomic E-state index is 0.262. The fraction of sp³-hybridized carbons (Fsp3) is 0.647. The van der Waals surface area contributed by atoms with Gasteiger partial charge in [-0.25, -0.2) is 0 Å². The summed E-state index contributed by atoms with van der Waals surface area (Å²) in [6.07, 6.45) is 6.59. The molecule has 0 saturated carbocycles. The van der Waals surface area contributed by atoms with E-state index < -0.39 is 0 Å². The van der Waals surface area contributed by atoms with Crippen molar-refractivity contribution in [1.82, 2.24) is 4.90 Å². The first kappa shape index (κ1) is 17.3. The highest BCUT2D eigenvalue weighted by Gasteiger charge is 2.24. The van der Waals surface area contributed by atoms with Crippen molar-refractivity contribution in [2.75, 3.05) is 19.6 Å². The van der Waals surface area contributed by atoms with Gasteiger partial charge in [0.1, 0.15) is 0 Å². The zero-order chi connectivity index (χ0) is 15.2. The fourth-order valence-electron chi connectivity index (χ4n) is 3.44. The second kappa shape index (κ2) is 8.52. The van der Waals surface area contributed by atoms with Gasteiger partial charge in [0, 0.05) is 22.1 Å². The molecule has 2 nitrogen and oxygen atoms in total. The first-order chi connectivity index (χ1) is 10.2. The third kappa shape index (κ3) is 4.69. The monoisotopic (exact) mass is 372 g/mol. The van der Waals surface area contributed by atoms with E-state index in [0.717, 1.165) is 28.5 Å². The van der Waals surface area contributed by atoms with Crippen molar-refractivity contribution in [3.05, 3.63) is 33.3 Å². The molecule has 2 atom stereocenters. The molecule has 0 aliphatic carbocycles. The second-order valence-electron chi connectivity index (χ2n) is 6.04.